The molecule has 0 aliphatic rings. The number of hydrogen-bond acceptors (Lipinski definition) is 3. The monoisotopic (exact) mass is 443 g/mol. The van der Waals surface area contributed by atoms with Gasteiger partial charge in [0.2, 0.25) is 0 Å². The smallest absolute Gasteiger partial charge is 0.434 e. The molecule has 0 saturated carbocycles. The van der Waals surface area contributed by atoms with E-state index in [9.17, 15) is 31.1 Å². The minimum Gasteiger partial charge on any atom is -0.494 e. The van der Waals surface area contributed by atoms with Gasteiger partial charge < -0.3 is 10.1 Å². The van der Waals surface area contributed by atoms with E-state index < -0.39 is 40.8 Å². The highest BCUT2D eigenvalue weighted by Gasteiger charge is 2.41. The zero-order chi connectivity index (χ0) is 22.8. The summed E-state index contributed by atoms with van der Waals surface area (Å²) in [5.74, 6) is -0.608. The second-order valence-electron chi connectivity index (χ2n) is 6.28. The Kier molecular flexibility index (Phi) is 5.96. The highest BCUT2D eigenvalue weighted by molar-refractivity contribution is 6.05. The summed E-state index contributed by atoms with van der Waals surface area (Å²) in [6, 6.07) is 9.16. The Morgan fingerprint density at radius 2 is 1.71 bits per heavy atom. The van der Waals surface area contributed by atoms with Crippen LogP contribution in [0.2, 0.25) is 0 Å². The van der Waals surface area contributed by atoms with Gasteiger partial charge in [0.15, 0.2) is 5.69 Å². The van der Waals surface area contributed by atoms with Gasteiger partial charge in [0.25, 0.3) is 5.91 Å². The fourth-order valence-electron chi connectivity index (χ4n) is 2.80. The predicted octanol–water partition coefficient (Wildman–Crippen LogP) is 5.56. The summed E-state index contributed by atoms with van der Waals surface area (Å²) in [7, 11) is 0. The lowest BCUT2D eigenvalue weighted by Crippen LogP contribution is -2.21. The number of alkyl halides is 6. The molecule has 1 heterocycles. The molecular formula is C20H15F6N3O2. The van der Waals surface area contributed by atoms with Crippen LogP contribution in [-0.2, 0) is 12.4 Å². The number of aromatic nitrogens is 2. The van der Waals surface area contributed by atoms with Crippen LogP contribution in [0, 0.1) is 0 Å². The first-order chi connectivity index (χ1) is 14.5. The van der Waals surface area contributed by atoms with Gasteiger partial charge in [0.05, 0.1) is 29.6 Å². The average molecular weight is 443 g/mol. The van der Waals surface area contributed by atoms with Crippen molar-refractivity contribution in [3.63, 3.8) is 0 Å². The van der Waals surface area contributed by atoms with E-state index in [1.165, 1.54) is 24.3 Å². The van der Waals surface area contributed by atoms with Crippen molar-refractivity contribution in [2.75, 3.05) is 11.9 Å². The molecule has 3 aromatic rings. The summed E-state index contributed by atoms with van der Waals surface area (Å²) < 4.78 is 85.5. The summed E-state index contributed by atoms with van der Waals surface area (Å²) in [5, 5.41) is 5.84. The standard InChI is InChI=1S/C20H15F6N3O2/c1-2-31-15-8-6-13(7-9-15)28-18(30)16-11-27-29(17(16)20(24,25)26)14-5-3-4-12(10-14)19(21,22)23/h3-11H,2H2,1H3,(H,28,30). The van der Waals surface area contributed by atoms with Crippen LogP contribution < -0.4 is 10.1 Å². The topological polar surface area (TPSA) is 56.1 Å². The first-order valence-electron chi connectivity index (χ1n) is 8.87. The van der Waals surface area contributed by atoms with Crippen LogP contribution in [-0.4, -0.2) is 22.3 Å². The van der Waals surface area contributed by atoms with Gasteiger partial charge in [-0.25, -0.2) is 4.68 Å². The van der Waals surface area contributed by atoms with E-state index in [0.29, 0.717) is 24.6 Å². The molecule has 0 atom stereocenters. The van der Waals surface area contributed by atoms with Crippen molar-refractivity contribution in [1.82, 2.24) is 9.78 Å². The molecule has 1 aromatic heterocycles. The van der Waals surface area contributed by atoms with E-state index in [2.05, 4.69) is 10.4 Å². The molecule has 3 rings (SSSR count). The fraction of sp³-hybridized carbons (Fsp3) is 0.200. The lowest BCUT2D eigenvalue weighted by molar-refractivity contribution is -0.143. The van der Waals surface area contributed by atoms with Crippen LogP contribution in [0.25, 0.3) is 5.69 Å². The second-order valence-corrected chi connectivity index (χ2v) is 6.28. The minimum absolute atomic E-state index is 0.202. The number of ether oxygens (including phenoxy) is 1. The number of benzene rings is 2. The van der Waals surface area contributed by atoms with Crippen molar-refractivity contribution >= 4 is 11.6 Å². The molecular weight excluding hydrogens is 428 g/mol. The number of halogens is 6. The molecule has 31 heavy (non-hydrogen) atoms. The Morgan fingerprint density at radius 1 is 1.03 bits per heavy atom. The van der Waals surface area contributed by atoms with Crippen molar-refractivity contribution in [3.8, 4) is 11.4 Å². The van der Waals surface area contributed by atoms with Crippen molar-refractivity contribution in [3.05, 3.63) is 71.5 Å². The SMILES string of the molecule is CCOc1ccc(NC(=O)c2cnn(-c3cccc(C(F)(F)F)c3)c2C(F)(F)F)cc1. The molecule has 0 aliphatic heterocycles. The Labute approximate surface area is 172 Å². The first-order valence-corrected chi connectivity index (χ1v) is 8.87. The summed E-state index contributed by atoms with van der Waals surface area (Å²) in [6.07, 6.45) is -9.15. The Morgan fingerprint density at radius 3 is 2.29 bits per heavy atom. The number of carbonyl (C=O) groups is 1. The van der Waals surface area contributed by atoms with Crippen molar-refractivity contribution in [2.24, 2.45) is 0 Å². The number of carbonyl (C=O) groups excluding carboxylic acids is 1. The maximum Gasteiger partial charge on any atom is 0.434 e. The molecule has 11 heteroatoms. The zero-order valence-electron chi connectivity index (χ0n) is 15.9. The van der Waals surface area contributed by atoms with Gasteiger partial charge in [0, 0.05) is 5.69 Å². The number of anilines is 1. The third-order valence-electron chi connectivity index (χ3n) is 4.12. The molecule has 0 aliphatic carbocycles. The van der Waals surface area contributed by atoms with Crippen molar-refractivity contribution in [2.45, 2.75) is 19.3 Å². The van der Waals surface area contributed by atoms with E-state index in [-0.39, 0.29) is 10.4 Å². The van der Waals surface area contributed by atoms with E-state index >= 15 is 0 Å². The fourth-order valence-corrected chi connectivity index (χ4v) is 2.80. The number of nitrogens with one attached hydrogen (secondary N) is 1. The van der Waals surface area contributed by atoms with Crippen LogP contribution in [0.4, 0.5) is 32.0 Å². The van der Waals surface area contributed by atoms with Crippen LogP contribution in [0.3, 0.4) is 0 Å². The molecule has 164 valence electrons. The van der Waals surface area contributed by atoms with Crippen LogP contribution in [0.5, 0.6) is 5.75 Å². The molecule has 0 bridgehead atoms. The lowest BCUT2D eigenvalue weighted by atomic mass is 10.1. The van der Waals surface area contributed by atoms with E-state index in [1.54, 1.807) is 6.92 Å². The van der Waals surface area contributed by atoms with Crippen LogP contribution >= 0.6 is 0 Å². The van der Waals surface area contributed by atoms with E-state index in [4.69, 9.17) is 4.74 Å². The number of hydrogen-bond donors (Lipinski definition) is 1. The third-order valence-corrected chi connectivity index (χ3v) is 4.12. The van der Waals surface area contributed by atoms with E-state index in [0.717, 1.165) is 18.2 Å². The number of amides is 1. The quantitative estimate of drug-likeness (QED) is 0.526. The van der Waals surface area contributed by atoms with Crippen molar-refractivity contribution in [1.29, 1.82) is 0 Å². The van der Waals surface area contributed by atoms with Crippen LogP contribution in [0.15, 0.2) is 54.7 Å². The lowest BCUT2D eigenvalue weighted by Gasteiger charge is -2.14. The van der Waals surface area contributed by atoms with Crippen LogP contribution in [0.1, 0.15) is 28.5 Å². The van der Waals surface area contributed by atoms with Gasteiger partial charge in [-0.05, 0) is 49.4 Å². The third kappa shape index (κ3) is 4.98. The summed E-state index contributed by atoms with van der Waals surface area (Å²) >= 11 is 0. The van der Waals surface area contributed by atoms with Gasteiger partial charge in [-0.3, -0.25) is 4.79 Å². The summed E-state index contributed by atoms with van der Waals surface area (Å²) in [6.45, 7) is 2.19. The molecule has 1 N–H and O–H groups in total. The summed E-state index contributed by atoms with van der Waals surface area (Å²) in [4.78, 5) is 12.5. The van der Waals surface area contributed by atoms with Gasteiger partial charge in [-0.1, -0.05) is 6.07 Å². The minimum atomic E-state index is -5.06. The van der Waals surface area contributed by atoms with Gasteiger partial charge in [-0.15, -0.1) is 0 Å². The first kappa shape index (κ1) is 22.2. The molecule has 0 radical (unpaired) electrons. The number of rotatable bonds is 5. The molecule has 2 aromatic carbocycles. The molecule has 0 unspecified atom stereocenters. The van der Waals surface area contributed by atoms with Gasteiger partial charge in [0.1, 0.15) is 5.75 Å². The maximum absolute atomic E-state index is 13.7. The second kappa shape index (κ2) is 8.32. The molecule has 0 saturated heterocycles. The Bertz CT molecular complexity index is 1070. The normalized spacial score (nSPS) is 12.0. The predicted molar refractivity (Wildman–Crippen MR) is 99.1 cm³/mol. The number of nitrogens with zero attached hydrogens (tertiary/aromatic N) is 2. The maximum atomic E-state index is 13.7. The largest absolute Gasteiger partial charge is 0.494 e. The highest BCUT2D eigenvalue weighted by Crippen LogP contribution is 2.35. The summed E-state index contributed by atoms with van der Waals surface area (Å²) in [5.41, 5.74) is -3.75. The Balaban J connectivity index is 1.97. The molecule has 0 spiro atoms. The molecule has 0 fully saturated rings. The average Bonchev–Trinajstić information content (AvgIpc) is 3.15. The molecule has 5 nitrogen and oxygen atoms in total. The van der Waals surface area contributed by atoms with Gasteiger partial charge >= 0.3 is 12.4 Å². The zero-order valence-corrected chi connectivity index (χ0v) is 15.9. The highest BCUT2D eigenvalue weighted by atomic mass is 19.4. The van der Waals surface area contributed by atoms with Crippen molar-refractivity contribution < 1.29 is 35.9 Å². The Hall–Kier alpha value is -3.50. The molecule has 1 amide bonds. The van der Waals surface area contributed by atoms with Gasteiger partial charge in [-0.2, -0.15) is 31.4 Å². The van der Waals surface area contributed by atoms with E-state index in [1.807, 2.05) is 0 Å².